The van der Waals surface area contributed by atoms with Crippen molar-refractivity contribution in [1.82, 2.24) is 19.9 Å². The summed E-state index contributed by atoms with van der Waals surface area (Å²) in [6, 6.07) is 3.33. The third kappa shape index (κ3) is 4.06. The highest BCUT2D eigenvalue weighted by Crippen LogP contribution is 2.35. The lowest BCUT2D eigenvalue weighted by molar-refractivity contribution is -0.140. The molecule has 13 heteroatoms. The highest BCUT2D eigenvalue weighted by molar-refractivity contribution is 6.01. The number of alkyl halides is 3. The number of benzene rings is 1. The van der Waals surface area contributed by atoms with E-state index in [-0.39, 0.29) is 23.7 Å². The molecule has 0 bridgehead atoms. The lowest BCUT2D eigenvalue weighted by Gasteiger charge is -2.13. The predicted molar refractivity (Wildman–Crippen MR) is 93.4 cm³/mol. The van der Waals surface area contributed by atoms with Gasteiger partial charge in [-0.05, 0) is 12.1 Å². The molecule has 0 atom stereocenters. The Labute approximate surface area is 164 Å². The molecule has 0 unspecified atom stereocenters. The number of fused-ring (bicyclic) bond motifs is 1. The molecule has 1 amide bonds. The molecule has 154 valence electrons. The Morgan fingerprint density at radius 2 is 1.97 bits per heavy atom. The van der Waals surface area contributed by atoms with Crippen molar-refractivity contribution in [2.24, 2.45) is 0 Å². The van der Waals surface area contributed by atoms with Crippen LogP contribution < -0.4 is 10.7 Å². The van der Waals surface area contributed by atoms with E-state index < -0.39 is 52.5 Å². The van der Waals surface area contributed by atoms with Crippen molar-refractivity contribution in [2.75, 3.05) is 6.54 Å². The summed E-state index contributed by atoms with van der Waals surface area (Å²) in [5.74, 6) is -4.00. The minimum Gasteiger partial charge on any atom is -0.480 e. The number of halogens is 5. The van der Waals surface area contributed by atoms with Gasteiger partial charge in [0.15, 0.2) is 11.1 Å². The zero-order chi connectivity index (χ0) is 20.6. The van der Waals surface area contributed by atoms with Gasteiger partial charge in [-0.25, -0.2) is 13.9 Å². The van der Waals surface area contributed by atoms with E-state index >= 15 is 0 Å². The number of carbonyl (C=O) groups is 2. The molecule has 0 aliphatic heterocycles. The average molecular weight is 435 g/mol. The third-order valence-corrected chi connectivity index (χ3v) is 3.77. The largest absolute Gasteiger partial charge is 0.480 e. The number of H-pyrrole nitrogens is 1. The highest BCUT2D eigenvalue weighted by Gasteiger charge is 2.35. The van der Waals surface area contributed by atoms with Crippen LogP contribution in [0.25, 0.3) is 16.9 Å². The van der Waals surface area contributed by atoms with Crippen LogP contribution in [0.1, 0.15) is 15.9 Å². The number of carboxylic acid groups (broad SMARTS) is 1. The second-order valence-corrected chi connectivity index (χ2v) is 5.56. The van der Waals surface area contributed by atoms with Crippen LogP contribution in [0.4, 0.5) is 17.6 Å². The van der Waals surface area contributed by atoms with Gasteiger partial charge in [0.25, 0.3) is 5.91 Å². The summed E-state index contributed by atoms with van der Waals surface area (Å²) in [5, 5.41) is 13.1. The summed E-state index contributed by atoms with van der Waals surface area (Å²) in [4.78, 5) is 38.8. The normalized spacial score (nSPS) is 11.2. The van der Waals surface area contributed by atoms with Gasteiger partial charge in [0.05, 0.1) is 11.3 Å². The number of amides is 1. The van der Waals surface area contributed by atoms with Crippen LogP contribution in [0.15, 0.2) is 35.4 Å². The maximum atomic E-state index is 14.5. The molecule has 29 heavy (non-hydrogen) atoms. The molecule has 2 aromatic heterocycles. The van der Waals surface area contributed by atoms with Gasteiger partial charge in [0, 0.05) is 11.6 Å². The highest BCUT2D eigenvalue weighted by atomic mass is 35.5. The number of aromatic amines is 1. The summed E-state index contributed by atoms with van der Waals surface area (Å²) < 4.78 is 54.3. The molecule has 0 saturated heterocycles. The maximum Gasteiger partial charge on any atom is 0.419 e. The molecular formula is C16H11ClF4N4O4. The van der Waals surface area contributed by atoms with Gasteiger partial charge in [-0.3, -0.25) is 19.5 Å². The molecule has 8 nitrogen and oxygen atoms in total. The van der Waals surface area contributed by atoms with Crippen molar-refractivity contribution >= 4 is 29.9 Å². The van der Waals surface area contributed by atoms with E-state index in [0.29, 0.717) is 6.07 Å². The van der Waals surface area contributed by atoms with Gasteiger partial charge in [-0.1, -0.05) is 6.07 Å². The van der Waals surface area contributed by atoms with Crippen molar-refractivity contribution in [2.45, 2.75) is 6.18 Å². The standard InChI is InChI=1S/C16H10F4N4O4.ClH/c17-13-7(2-1-3-8(13)16(18,19)20)9-4-10(25)12(14-22-6-23-24(9)14)15(28)21-5-11(26)27;/h1-4,6H,5H2,(H,21,28)(H,22,23)(H,26,27);1H. The number of pyridine rings is 1. The van der Waals surface area contributed by atoms with Gasteiger partial charge in [-0.15, -0.1) is 12.4 Å². The quantitative estimate of drug-likeness (QED) is 0.544. The van der Waals surface area contributed by atoms with Crippen LogP contribution in [0.2, 0.25) is 0 Å². The number of nitrogens with one attached hydrogen (secondary N) is 2. The van der Waals surface area contributed by atoms with Crippen molar-refractivity contribution < 1.29 is 32.3 Å². The van der Waals surface area contributed by atoms with E-state index in [2.05, 4.69) is 10.1 Å². The van der Waals surface area contributed by atoms with Crippen LogP contribution in [0.3, 0.4) is 0 Å². The molecule has 1 aromatic carbocycles. The zero-order valence-electron chi connectivity index (χ0n) is 14.1. The summed E-state index contributed by atoms with van der Waals surface area (Å²) in [6.07, 6.45) is -3.91. The Hall–Kier alpha value is -3.41. The van der Waals surface area contributed by atoms with E-state index in [0.717, 1.165) is 29.0 Å². The average Bonchev–Trinajstić information content (AvgIpc) is 3.07. The number of hydrogen-bond acceptors (Lipinski definition) is 4. The minimum atomic E-state index is -4.95. The Morgan fingerprint density at radius 1 is 1.28 bits per heavy atom. The lowest BCUT2D eigenvalue weighted by Crippen LogP contribution is -2.33. The second kappa shape index (κ2) is 7.91. The van der Waals surface area contributed by atoms with E-state index in [9.17, 15) is 31.9 Å². The van der Waals surface area contributed by atoms with Crippen LogP contribution in [0.5, 0.6) is 0 Å². The predicted octanol–water partition coefficient (Wildman–Crippen LogP) is 2.08. The molecule has 0 saturated carbocycles. The fourth-order valence-electron chi connectivity index (χ4n) is 2.60. The van der Waals surface area contributed by atoms with E-state index in [4.69, 9.17) is 5.11 Å². The third-order valence-electron chi connectivity index (χ3n) is 3.77. The topological polar surface area (TPSA) is 117 Å². The lowest BCUT2D eigenvalue weighted by atomic mass is 10.0. The summed E-state index contributed by atoms with van der Waals surface area (Å²) in [5.41, 5.74) is -4.17. The zero-order valence-corrected chi connectivity index (χ0v) is 14.9. The van der Waals surface area contributed by atoms with Crippen molar-refractivity contribution in [3.8, 4) is 11.3 Å². The van der Waals surface area contributed by atoms with Crippen molar-refractivity contribution in [3.05, 3.63) is 57.8 Å². The first kappa shape index (κ1) is 21.9. The van der Waals surface area contributed by atoms with Crippen LogP contribution in [0, 0.1) is 5.82 Å². The number of aromatic nitrogens is 3. The summed E-state index contributed by atoms with van der Waals surface area (Å²) in [7, 11) is 0. The first-order chi connectivity index (χ1) is 13.1. The Balaban J connectivity index is 0.00000300. The van der Waals surface area contributed by atoms with E-state index in [1.54, 1.807) is 0 Å². The molecule has 3 aromatic rings. The molecule has 0 fully saturated rings. The molecule has 3 rings (SSSR count). The number of nitrogens with zero attached hydrogens (tertiary/aromatic N) is 2. The fourth-order valence-corrected chi connectivity index (χ4v) is 2.60. The molecule has 3 N–H and O–H groups in total. The monoisotopic (exact) mass is 434 g/mol. The first-order valence-electron chi connectivity index (χ1n) is 7.56. The molecule has 0 spiro atoms. The number of carbonyl (C=O) groups excluding carboxylic acids is 1. The smallest absolute Gasteiger partial charge is 0.419 e. The Bertz CT molecular complexity index is 1160. The molecule has 0 aliphatic carbocycles. The van der Waals surface area contributed by atoms with Crippen molar-refractivity contribution in [3.63, 3.8) is 0 Å². The molecular weight excluding hydrogens is 424 g/mol. The number of rotatable bonds is 4. The molecule has 0 radical (unpaired) electrons. The fraction of sp³-hybridized carbons (Fsp3) is 0.125. The van der Waals surface area contributed by atoms with Gasteiger partial charge in [0.2, 0.25) is 0 Å². The maximum absolute atomic E-state index is 14.5. The SMILES string of the molecule is Cl.O=C(O)CNC(=O)c1c(=O)cc(-c2cccc(C(F)(F)F)c2F)n2[nH]cnc12. The van der Waals surface area contributed by atoms with Gasteiger partial charge < -0.3 is 10.4 Å². The van der Waals surface area contributed by atoms with Crippen molar-refractivity contribution in [1.29, 1.82) is 0 Å². The van der Waals surface area contributed by atoms with E-state index in [1.165, 1.54) is 0 Å². The molecule has 0 aliphatic rings. The van der Waals surface area contributed by atoms with Crippen LogP contribution in [-0.2, 0) is 11.0 Å². The number of aliphatic carboxylic acids is 1. The summed E-state index contributed by atoms with van der Waals surface area (Å²) >= 11 is 0. The number of hydrogen-bond donors (Lipinski definition) is 3. The summed E-state index contributed by atoms with van der Waals surface area (Å²) in [6.45, 7) is -0.765. The molecule has 2 heterocycles. The van der Waals surface area contributed by atoms with Gasteiger partial charge >= 0.3 is 12.1 Å². The minimum absolute atomic E-state index is 0. The van der Waals surface area contributed by atoms with E-state index in [1.807, 2.05) is 5.32 Å². The van der Waals surface area contributed by atoms with Gasteiger partial charge in [0.1, 0.15) is 24.3 Å². The van der Waals surface area contributed by atoms with Crippen LogP contribution >= 0.6 is 12.4 Å². The second-order valence-electron chi connectivity index (χ2n) is 5.56. The Morgan fingerprint density at radius 3 is 2.59 bits per heavy atom. The number of carboxylic acids is 1. The van der Waals surface area contributed by atoms with Gasteiger partial charge in [-0.2, -0.15) is 13.2 Å². The van der Waals surface area contributed by atoms with Crippen LogP contribution in [-0.4, -0.2) is 38.1 Å². The first-order valence-corrected chi connectivity index (χ1v) is 7.56. The Kier molecular flexibility index (Phi) is 5.97.